The third-order valence-corrected chi connectivity index (χ3v) is 9.16. The predicted octanol–water partition coefficient (Wildman–Crippen LogP) is 12.5. The molecule has 0 saturated carbocycles. The molecule has 0 aliphatic carbocycles. The van der Waals surface area contributed by atoms with Crippen molar-refractivity contribution in [2.75, 3.05) is 0 Å². The minimum Gasteiger partial charge on any atom is -0.0616 e. The monoisotopic (exact) mass is 556 g/mol. The summed E-state index contributed by atoms with van der Waals surface area (Å²) in [6.45, 7) is 0. The smallest absolute Gasteiger partial charge is 0.00264 e. The molecule has 0 heteroatoms. The minimum absolute atomic E-state index is 1.23. The van der Waals surface area contributed by atoms with Crippen LogP contribution in [0.2, 0.25) is 0 Å². The molecule has 0 nitrogen and oxygen atoms in total. The number of fused-ring (bicyclic) bond motifs is 5. The van der Waals surface area contributed by atoms with Crippen molar-refractivity contribution in [2.24, 2.45) is 0 Å². The first-order valence-electron chi connectivity index (χ1n) is 15.3. The van der Waals surface area contributed by atoms with Crippen LogP contribution >= 0.6 is 0 Å². The van der Waals surface area contributed by atoms with E-state index in [4.69, 9.17) is 0 Å². The van der Waals surface area contributed by atoms with Gasteiger partial charge in [0.2, 0.25) is 0 Å². The molecule has 9 aromatic carbocycles. The molecule has 0 amide bonds. The van der Waals surface area contributed by atoms with E-state index in [0.29, 0.717) is 0 Å². The van der Waals surface area contributed by atoms with Crippen LogP contribution in [0.5, 0.6) is 0 Å². The van der Waals surface area contributed by atoms with Crippen LogP contribution in [-0.4, -0.2) is 0 Å². The fraction of sp³-hybridized carbons (Fsp3) is 0. The van der Waals surface area contributed by atoms with Crippen molar-refractivity contribution in [3.8, 4) is 33.4 Å². The normalized spacial score (nSPS) is 11.6. The van der Waals surface area contributed by atoms with Gasteiger partial charge < -0.3 is 0 Å². The third kappa shape index (κ3) is 4.07. The molecule has 0 aliphatic rings. The Balaban J connectivity index is 1.39. The van der Waals surface area contributed by atoms with Gasteiger partial charge in [-0.25, -0.2) is 0 Å². The van der Waals surface area contributed by atoms with Crippen molar-refractivity contribution in [2.45, 2.75) is 0 Å². The number of benzene rings is 9. The van der Waals surface area contributed by atoms with E-state index >= 15 is 0 Å². The summed E-state index contributed by atoms with van der Waals surface area (Å²) in [4.78, 5) is 0. The van der Waals surface area contributed by atoms with Gasteiger partial charge in [-0.05, 0) is 124 Å². The molecule has 0 atom stereocenters. The summed E-state index contributed by atoms with van der Waals surface area (Å²) in [6, 6.07) is 62.6. The van der Waals surface area contributed by atoms with Crippen molar-refractivity contribution in [1.29, 1.82) is 0 Å². The van der Waals surface area contributed by atoms with E-state index < -0.39 is 0 Å². The fourth-order valence-corrected chi connectivity index (χ4v) is 6.96. The Morgan fingerprint density at radius 1 is 0.227 bits per heavy atom. The average Bonchev–Trinajstić information content (AvgIpc) is 3.09. The Morgan fingerprint density at radius 3 is 1.23 bits per heavy atom. The summed E-state index contributed by atoms with van der Waals surface area (Å²) in [6.07, 6.45) is 0. The van der Waals surface area contributed by atoms with Gasteiger partial charge in [0.15, 0.2) is 0 Å². The molecule has 204 valence electrons. The van der Waals surface area contributed by atoms with E-state index in [2.05, 4.69) is 170 Å². The predicted molar refractivity (Wildman–Crippen MR) is 190 cm³/mol. The maximum absolute atomic E-state index is 2.45. The van der Waals surface area contributed by atoms with Crippen LogP contribution in [0.15, 0.2) is 170 Å². The second-order valence-electron chi connectivity index (χ2n) is 11.8. The van der Waals surface area contributed by atoms with Gasteiger partial charge in [-0.15, -0.1) is 0 Å². The largest absolute Gasteiger partial charge is 0.0616 e. The minimum atomic E-state index is 1.23. The second kappa shape index (κ2) is 9.93. The summed E-state index contributed by atoms with van der Waals surface area (Å²) < 4.78 is 0. The van der Waals surface area contributed by atoms with Crippen LogP contribution in [-0.2, 0) is 0 Å². The van der Waals surface area contributed by atoms with Gasteiger partial charge in [-0.3, -0.25) is 0 Å². The van der Waals surface area contributed by atoms with Crippen LogP contribution in [0.1, 0.15) is 0 Å². The lowest BCUT2D eigenvalue weighted by atomic mass is 9.85. The zero-order valence-corrected chi connectivity index (χ0v) is 24.2. The van der Waals surface area contributed by atoms with Crippen LogP contribution in [0.4, 0.5) is 0 Å². The van der Waals surface area contributed by atoms with E-state index in [9.17, 15) is 0 Å². The zero-order valence-electron chi connectivity index (χ0n) is 24.2. The summed E-state index contributed by atoms with van der Waals surface area (Å²) >= 11 is 0. The Kier molecular flexibility index (Phi) is 5.61. The maximum atomic E-state index is 2.45. The SMILES string of the molecule is c1ccc2cc(-c3cc4cc5ccccc5c(-c5ccc6ccccc6c5)c4cc3-c3ccc4ccccc4c3)ccc2c1. The van der Waals surface area contributed by atoms with Crippen LogP contribution < -0.4 is 0 Å². The highest BCUT2D eigenvalue weighted by molar-refractivity contribution is 6.16. The van der Waals surface area contributed by atoms with Crippen LogP contribution in [0.3, 0.4) is 0 Å². The Hall–Kier alpha value is -5.72. The van der Waals surface area contributed by atoms with Crippen molar-refractivity contribution in [3.05, 3.63) is 170 Å². The van der Waals surface area contributed by atoms with E-state index in [1.54, 1.807) is 0 Å². The van der Waals surface area contributed by atoms with Crippen molar-refractivity contribution >= 4 is 53.9 Å². The van der Waals surface area contributed by atoms with Gasteiger partial charge in [0.25, 0.3) is 0 Å². The second-order valence-corrected chi connectivity index (χ2v) is 11.8. The summed E-state index contributed by atoms with van der Waals surface area (Å²) in [5, 5.41) is 12.6. The van der Waals surface area contributed by atoms with Gasteiger partial charge in [-0.2, -0.15) is 0 Å². The van der Waals surface area contributed by atoms with Gasteiger partial charge in [0.1, 0.15) is 0 Å². The molecule has 0 fully saturated rings. The average molecular weight is 557 g/mol. The molecule has 9 rings (SSSR count). The van der Waals surface area contributed by atoms with Gasteiger partial charge >= 0.3 is 0 Å². The molecule has 9 aromatic rings. The standard InChI is InChI=1S/C44H28/c1-4-12-32-23-36(20-17-29(32)9-1)41-27-39-26-35-15-7-8-16-40(35)44(38-22-19-31-11-3-6-14-34(31)25-38)43(39)28-42(41)37-21-18-30-10-2-5-13-33(30)24-37/h1-28H. The first-order chi connectivity index (χ1) is 21.8. The summed E-state index contributed by atoms with van der Waals surface area (Å²) in [5.41, 5.74) is 7.49. The molecular formula is C44H28. The Labute approximate surface area is 256 Å². The van der Waals surface area contributed by atoms with Crippen molar-refractivity contribution < 1.29 is 0 Å². The lowest BCUT2D eigenvalue weighted by Gasteiger charge is -2.18. The first kappa shape index (κ1) is 24.8. The molecule has 0 spiro atoms. The Morgan fingerprint density at radius 2 is 0.659 bits per heavy atom. The van der Waals surface area contributed by atoms with E-state index in [1.165, 1.54) is 87.2 Å². The fourth-order valence-electron chi connectivity index (χ4n) is 6.96. The molecule has 0 aromatic heterocycles. The molecule has 0 aliphatic heterocycles. The molecule has 44 heavy (non-hydrogen) atoms. The van der Waals surface area contributed by atoms with E-state index in [-0.39, 0.29) is 0 Å². The topological polar surface area (TPSA) is 0 Å². The molecule has 0 heterocycles. The van der Waals surface area contributed by atoms with Gasteiger partial charge in [-0.1, -0.05) is 133 Å². The lowest BCUT2D eigenvalue weighted by Crippen LogP contribution is -1.91. The molecule has 0 radical (unpaired) electrons. The quantitative estimate of drug-likeness (QED) is 0.190. The number of hydrogen-bond acceptors (Lipinski definition) is 0. The first-order valence-corrected chi connectivity index (χ1v) is 15.3. The molecule has 0 saturated heterocycles. The number of rotatable bonds is 3. The molecular weight excluding hydrogens is 528 g/mol. The highest BCUT2D eigenvalue weighted by atomic mass is 14.2. The third-order valence-electron chi connectivity index (χ3n) is 9.16. The highest BCUT2D eigenvalue weighted by Crippen LogP contribution is 2.43. The molecule has 0 unspecified atom stereocenters. The summed E-state index contributed by atoms with van der Waals surface area (Å²) in [7, 11) is 0. The summed E-state index contributed by atoms with van der Waals surface area (Å²) in [5.74, 6) is 0. The van der Waals surface area contributed by atoms with E-state index in [1.807, 2.05) is 0 Å². The molecule has 0 bridgehead atoms. The van der Waals surface area contributed by atoms with Crippen molar-refractivity contribution in [1.82, 2.24) is 0 Å². The number of hydrogen-bond donors (Lipinski definition) is 0. The van der Waals surface area contributed by atoms with Crippen molar-refractivity contribution in [3.63, 3.8) is 0 Å². The van der Waals surface area contributed by atoms with E-state index in [0.717, 1.165) is 0 Å². The zero-order chi connectivity index (χ0) is 29.0. The Bertz CT molecular complexity index is 2550. The van der Waals surface area contributed by atoms with Gasteiger partial charge in [0.05, 0.1) is 0 Å². The highest BCUT2D eigenvalue weighted by Gasteiger charge is 2.16. The van der Waals surface area contributed by atoms with Crippen LogP contribution in [0, 0.1) is 0 Å². The van der Waals surface area contributed by atoms with Gasteiger partial charge in [0, 0.05) is 0 Å². The molecule has 0 N–H and O–H groups in total. The lowest BCUT2D eigenvalue weighted by molar-refractivity contribution is 1.63. The van der Waals surface area contributed by atoms with Crippen LogP contribution in [0.25, 0.3) is 87.2 Å². The maximum Gasteiger partial charge on any atom is -0.00264 e.